The summed E-state index contributed by atoms with van der Waals surface area (Å²) in [7, 11) is 0. The maximum atomic E-state index is 12.4. The highest BCUT2D eigenvalue weighted by molar-refractivity contribution is 5.93. The lowest BCUT2D eigenvalue weighted by Gasteiger charge is -2.32. The van der Waals surface area contributed by atoms with Gasteiger partial charge in [0.25, 0.3) is 0 Å². The highest BCUT2D eigenvalue weighted by atomic mass is 16.5. The van der Waals surface area contributed by atoms with E-state index >= 15 is 0 Å². The van der Waals surface area contributed by atoms with Gasteiger partial charge in [-0.05, 0) is 85.5 Å². The molecule has 0 bridgehead atoms. The smallest absolute Gasteiger partial charge is 0.226 e. The molecule has 6 unspecified atom stereocenters. The van der Waals surface area contributed by atoms with Gasteiger partial charge in [-0.25, -0.2) is 0 Å². The Labute approximate surface area is 353 Å². The van der Waals surface area contributed by atoms with Crippen LogP contribution in [0.25, 0.3) is 0 Å². The summed E-state index contributed by atoms with van der Waals surface area (Å²) in [6, 6.07) is 2.13. The van der Waals surface area contributed by atoms with E-state index in [1.54, 1.807) is 51.3 Å². The zero-order valence-corrected chi connectivity index (χ0v) is 38.2. The van der Waals surface area contributed by atoms with Gasteiger partial charge < -0.3 is 40.0 Å². The van der Waals surface area contributed by atoms with E-state index in [-0.39, 0.29) is 52.7 Å². The first-order valence-corrected chi connectivity index (χ1v) is 21.6. The molecule has 4 fully saturated rings. The number of amides is 5. The fourth-order valence-electron chi connectivity index (χ4n) is 6.73. The Morgan fingerprint density at radius 3 is 1.44 bits per heavy atom. The van der Waals surface area contributed by atoms with Gasteiger partial charge in [0, 0.05) is 74.5 Å². The molecule has 0 aromatic heterocycles. The molecule has 4 rings (SSSR count). The summed E-state index contributed by atoms with van der Waals surface area (Å²) in [4.78, 5) is 76.1. The van der Waals surface area contributed by atoms with E-state index in [0.29, 0.717) is 71.4 Å². The van der Waals surface area contributed by atoms with Gasteiger partial charge in [-0.1, -0.05) is 41.5 Å². The van der Waals surface area contributed by atoms with E-state index in [9.17, 15) is 28.8 Å². The number of nitrogens with one attached hydrogen (secondary N) is 3. The summed E-state index contributed by atoms with van der Waals surface area (Å²) < 4.78 is 15.8. The first-order chi connectivity index (χ1) is 27.4. The number of hydrogen-bond acceptors (Lipinski definition) is 10. The number of ketones is 1. The van der Waals surface area contributed by atoms with Gasteiger partial charge in [0.2, 0.25) is 29.5 Å². The van der Waals surface area contributed by atoms with Gasteiger partial charge in [0.05, 0.1) is 38.0 Å². The van der Waals surface area contributed by atoms with E-state index in [1.807, 2.05) is 27.7 Å². The molecule has 3 aliphatic heterocycles. The minimum Gasteiger partial charge on any atom is -0.381 e. The van der Waals surface area contributed by atoms with Gasteiger partial charge >= 0.3 is 0 Å². The van der Waals surface area contributed by atoms with Crippen molar-refractivity contribution in [2.24, 2.45) is 41.4 Å². The van der Waals surface area contributed by atoms with E-state index in [2.05, 4.69) is 28.9 Å². The molecule has 3 saturated heterocycles. The van der Waals surface area contributed by atoms with Crippen LogP contribution in [0, 0.1) is 52.8 Å². The number of morpholine rings is 2. The van der Waals surface area contributed by atoms with Crippen LogP contribution in [0.1, 0.15) is 115 Å². The Hall–Kier alpha value is -3.61. The number of nitrogens with zero attached hydrogens (tertiary/aromatic N) is 3. The van der Waals surface area contributed by atoms with Crippen LogP contribution in [0.3, 0.4) is 0 Å². The molecular formula is C44H76N6O9. The van der Waals surface area contributed by atoms with Gasteiger partial charge in [-0.3, -0.25) is 28.8 Å². The molecule has 0 aromatic rings. The number of nitriles is 1. The summed E-state index contributed by atoms with van der Waals surface area (Å²) in [5, 5.41) is 17.5. The quantitative estimate of drug-likeness (QED) is 0.245. The average Bonchev–Trinajstić information content (AvgIpc) is 3.98. The summed E-state index contributed by atoms with van der Waals surface area (Å²) in [6.45, 7) is 28.3. The minimum absolute atomic E-state index is 0.0160. The van der Waals surface area contributed by atoms with Crippen LogP contribution in [-0.2, 0) is 43.0 Å². The van der Waals surface area contributed by atoms with Crippen molar-refractivity contribution in [3.63, 3.8) is 0 Å². The molecule has 336 valence electrons. The molecular weight excluding hydrogens is 757 g/mol. The van der Waals surface area contributed by atoms with Crippen molar-refractivity contribution in [2.45, 2.75) is 132 Å². The zero-order chi connectivity index (χ0) is 44.7. The molecule has 15 nitrogen and oxygen atoms in total. The van der Waals surface area contributed by atoms with Crippen LogP contribution in [0.15, 0.2) is 0 Å². The maximum Gasteiger partial charge on any atom is 0.226 e. The van der Waals surface area contributed by atoms with Crippen molar-refractivity contribution >= 4 is 35.3 Å². The van der Waals surface area contributed by atoms with Crippen molar-refractivity contribution in [3.8, 4) is 6.07 Å². The summed E-state index contributed by atoms with van der Waals surface area (Å²) in [5.41, 5.74) is -1.72. The average molecular weight is 833 g/mol. The fraction of sp³-hybridized carbons (Fsp3) is 0.841. The molecule has 15 heteroatoms. The molecule has 3 N–H and O–H groups in total. The molecule has 0 radical (unpaired) electrons. The molecule has 6 atom stereocenters. The molecule has 0 spiro atoms. The first-order valence-electron chi connectivity index (χ1n) is 21.6. The van der Waals surface area contributed by atoms with Crippen LogP contribution in [-0.4, -0.2) is 128 Å². The van der Waals surface area contributed by atoms with Crippen molar-refractivity contribution in [3.05, 3.63) is 0 Å². The second-order valence-electron chi connectivity index (χ2n) is 18.7. The molecule has 0 aromatic carbocycles. The van der Waals surface area contributed by atoms with E-state index < -0.39 is 28.8 Å². The van der Waals surface area contributed by atoms with E-state index in [0.717, 1.165) is 38.4 Å². The summed E-state index contributed by atoms with van der Waals surface area (Å²) in [5.74, 6) is -0.941. The largest absolute Gasteiger partial charge is 0.381 e. The summed E-state index contributed by atoms with van der Waals surface area (Å²) >= 11 is 0. The number of ether oxygens (including phenoxy) is 3. The molecule has 4 aliphatic rings. The summed E-state index contributed by atoms with van der Waals surface area (Å²) in [6.07, 6.45) is 4.85. The van der Waals surface area contributed by atoms with Crippen LogP contribution in [0.5, 0.6) is 0 Å². The molecule has 1 saturated carbocycles. The Balaban J connectivity index is 0.000000306. The van der Waals surface area contributed by atoms with Gasteiger partial charge in [-0.2, -0.15) is 5.26 Å². The van der Waals surface area contributed by atoms with E-state index in [4.69, 9.17) is 19.5 Å². The van der Waals surface area contributed by atoms with Crippen molar-refractivity contribution in [1.29, 1.82) is 5.26 Å². The molecule has 59 heavy (non-hydrogen) atoms. The highest BCUT2D eigenvalue weighted by Gasteiger charge is 2.46. The lowest BCUT2D eigenvalue weighted by Crippen LogP contribution is -2.52. The van der Waals surface area contributed by atoms with Crippen molar-refractivity contribution < 1.29 is 43.0 Å². The number of Topliss-reactive ketones (excluding diaryl/α,β-unsaturated/α-hetero) is 1. The third-order valence-electron chi connectivity index (χ3n) is 12.2. The number of rotatable bonds is 13. The van der Waals surface area contributed by atoms with E-state index in [1.165, 1.54) is 6.92 Å². The Bertz CT molecular complexity index is 1450. The second kappa shape index (κ2) is 23.4. The highest BCUT2D eigenvalue weighted by Crippen LogP contribution is 2.35. The van der Waals surface area contributed by atoms with Gasteiger partial charge in [0.1, 0.15) is 5.54 Å². The van der Waals surface area contributed by atoms with Crippen molar-refractivity contribution in [1.82, 2.24) is 25.8 Å². The zero-order valence-electron chi connectivity index (χ0n) is 38.2. The van der Waals surface area contributed by atoms with Gasteiger partial charge in [-0.15, -0.1) is 0 Å². The second-order valence-corrected chi connectivity index (χ2v) is 18.7. The predicted molar refractivity (Wildman–Crippen MR) is 224 cm³/mol. The predicted octanol–water partition coefficient (Wildman–Crippen LogP) is 3.88. The fourth-order valence-corrected chi connectivity index (χ4v) is 6.73. The standard InChI is InChI=1S/C15H26N2O4.C15H29NO2.C14H21N3O3/c1-10(13(19)16-15(4,5)12(3)18)11(2)14(20)17-6-8-21-9-7-17;1-11(10-13-6-8-18-9-7-13)12(2)14(17)16-15(3,4)5;1-10(12(18)16-14(9-15)3-4-14)11(2)13(19)17-5-7-20-8-6-17/h10-11H,6-9H2,1-5H3,(H,16,19);11-13H,6-10H2,1-5H3,(H,16,17);10-11H,3-8H2,1-2H3,(H,16,18). The third kappa shape index (κ3) is 17.1. The van der Waals surface area contributed by atoms with Crippen LogP contribution >= 0.6 is 0 Å². The lowest BCUT2D eigenvalue weighted by molar-refractivity contribution is -0.144. The van der Waals surface area contributed by atoms with Gasteiger partial charge in [0.15, 0.2) is 5.78 Å². The first kappa shape index (κ1) is 51.5. The Morgan fingerprint density at radius 2 is 1.05 bits per heavy atom. The van der Waals surface area contributed by atoms with Crippen LogP contribution in [0.4, 0.5) is 0 Å². The molecule has 3 heterocycles. The molecule has 1 aliphatic carbocycles. The SMILES string of the molecule is CC(=O)C(C)(C)NC(=O)C(C)C(C)C(=O)N1CCOCC1.CC(C(=O)NC1(C#N)CC1)C(C)C(=O)N1CCOCC1.CC(CC1CCOCC1)C(C)C(=O)NC(C)(C)C. The minimum atomic E-state index is -0.910. The van der Waals surface area contributed by atoms with Crippen molar-refractivity contribution in [2.75, 3.05) is 65.8 Å². The maximum absolute atomic E-state index is 12.4. The monoisotopic (exact) mass is 833 g/mol. The lowest BCUT2D eigenvalue weighted by atomic mass is 9.83. The molecule has 5 amide bonds. The number of carbonyl (C=O) groups excluding carboxylic acids is 6. The number of carbonyl (C=O) groups is 6. The Morgan fingerprint density at radius 1 is 0.644 bits per heavy atom. The van der Waals surface area contributed by atoms with Crippen LogP contribution < -0.4 is 16.0 Å². The third-order valence-corrected chi connectivity index (χ3v) is 12.2. The number of hydrogen-bond donors (Lipinski definition) is 3. The normalized spacial score (nSPS) is 21.1. The topological polar surface area (TPSA) is 196 Å². The Kier molecular flexibility index (Phi) is 20.4. The van der Waals surface area contributed by atoms with Crippen LogP contribution in [0.2, 0.25) is 0 Å².